The highest BCUT2D eigenvalue weighted by Gasteiger charge is 2.20. The van der Waals surface area contributed by atoms with E-state index in [2.05, 4.69) is 54.3 Å². The van der Waals surface area contributed by atoms with Crippen molar-refractivity contribution in [2.24, 2.45) is 0 Å². The van der Waals surface area contributed by atoms with Crippen molar-refractivity contribution in [3.8, 4) is 34.2 Å². The number of ether oxygens (including phenoxy) is 2. The second-order valence-corrected chi connectivity index (χ2v) is 22.5. The number of rotatable bonds is 15. The zero-order valence-corrected chi connectivity index (χ0v) is 55.4. The van der Waals surface area contributed by atoms with Gasteiger partial charge in [-0.05, 0) is 136 Å². The molecule has 0 atom stereocenters. The minimum atomic E-state index is -0.385. The standard InChI is InChI=1S/C19H18ClN3O3.C18H16ClN3OS.C18H16FN3O.C17H15FN4O/c1-12-17(25-2)9-8-14(18(12)26-3)19(24)22-13-10-21-23(11-13)16-7-5-4-6-15(16)20;1-12-6-7-13(11-24)8-15(12)18(23)21-14-9-20-22(10-14)17-5-3-2-4-16(17)19;1-12-7-8-13(2)15(9-12)18(23)21-14-10-20-22(11-14)17-6-4-3-5-16(17)19;1-11-15(21-17(23)12-6-2-4-8-14(12)19)10-20-22(11)16-9-5-3-7-13(16)18/h4-11H,1-3H3,(H,22,24);2-10,24H,11H2,1H3,(H,21,23);3-11H,1-2H3,(H,21,23);2-10H,19H2,1H3,(H,21,23). The van der Waals surface area contributed by atoms with Gasteiger partial charge in [-0.1, -0.05) is 114 Å². The molecule has 96 heavy (non-hydrogen) atoms. The van der Waals surface area contributed by atoms with Gasteiger partial charge in [0.2, 0.25) is 0 Å². The van der Waals surface area contributed by atoms with Crippen LogP contribution in [0.3, 0.4) is 0 Å². The maximum Gasteiger partial charge on any atom is 0.259 e. The summed E-state index contributed by atoms with van der Waals surface area (Å²) in [5.74, 6) is -0.0535. The van der Waals surface area contributed by atoms with Gasteiger partial charge in [0.25, 0.3) is 23.6 Å². The molecule has 0 aliphatic heterocycles. The molecule has 19 nitrogen and oxygen atoms in total. The first-order valence-corrected chi connectivity index (χ1v) is 30.9. The third kappa shape index (κ3) is 16.9. The highest BCUT2D eigenvalue weighted by molar-refractivity contribution is 7.79. The van der Waals surface area contributed by atoms with E-state index in [4.69, 9.17) is 38.4 Å². The molecule has 0 fully saturated rings. The van der Waals surface area contributed by atoms with E-state index in [-0.39, 0.29) is 35.3 Å². The first-order valence-electron chi connectivity index (χ1n) is 29.5. The topological polar surface area (TPSA) is 232 Å². The monoisotopic (exact) mass is 1350 g/mol. The number of nitrogens with zero attached hydrogens (tertiary/aromatic N) is 8. The van der Waals surface area contributed by atoms with Gasteiger partial charge in [-0.15, -0.1) is 0 Å². The number of carbonyl (C=O) groups excluding carboxylic acids is 4. The summed E-state index contributed by atoms with van der Waals surface area (Å²) >= 11 is 16.6. The predicted octanol–water partition coefficient (Wildman–Crippen LogP) is 15.7. The Kier molecular flexibility index (Phi) is 23.0. The lowest BCUT2D eigenvalue weighted by Gasteiger charge is -2.13. The number of carbonyl (C=O) groups is 4. The molecule has 12 aromatic rings. The lowest BCUT2D eigenvalue weighted by Crippen LogP contribution is -2.14. The molecular weight excluding hydrogens is 1280 g/mol. The number of nitrogens with one attached hydrogen (secondary N) is 4. The first-order chi connectivity index (χ1) is 46.2. The van der Waals surface area contributed by atoms with Gasteiger partial charge >= 0.3 is 0 Å². The van der Waals surface area contributed by atoms with Crippen molar-refractivity contribution in [3.63, 3.8) is 0 Å². The first kappa shape index (κ1) is 69.0. The van der Waals surface area contributed by atoms with Crippen LogP contribution < -0.4 is 36.5 Å². The maximum atomic E-state index is 13.9. The molecule has 4 aromatic heterocycles. The zero-order valence-electron chi connectivity index (χ0n) is 53.0. The van der Waals surface area contributed by atoms with Crippen molar-refractivity contribution in [1.29, 1.82) is 0 Å². The van der Waals surface area contributed by atoms with Crippen molar-refractivity contribution in [3.05, 3.63) is 291 Å². The third-order valence-electron chi connectivity index (χ3n) is 14.8. The van der Waals surface area contributed by atoms with E-state index >= 15 is 0 Å². The fourth-order valence-corrected chi connectivity index (χ4v) is 10.3. The Bertz CT molecular complexity index is 4780. The zero-order chi connectivity index (χ0) is 68.6. The summed E-state index contributed by atoms with van der Waals surface area (Å²) in [4.78, 5) is 49.9. The lowest BCUT2D eigenvalue weighted by molar-refractivity contribution is 0.101. The SMILES string of the molecule is COc1ccc(C(=O)Nc2cnn(-c3ccccc3Cl)c2)c(OC)c1C.Cc1c(NC(=O)c2ccccc2N)cnn1-c1ccccc1F.Cc1ccc(C)c(C(=O)Nc2cnn(-c3ccccc3F)c2)c1.Cc1ccc(CS)cc1C(=O)Nc1cnn(-c2ccccc2Cl)c1. The number of benzene rings is 8. The number of anilines is 5. The fourth-order valence-electron chi connectivity index (χ4n) is 9.69. The Hall–Kier alpha value is -11.3. The van der Waals surface area contributed by atoms with Gasteiger partial charge in [-0.3, -0.25) is 19.2 Å². The molecule has 0 unspecified atom stereocenters. The average molecular weight is 1350 g/mol. The van der Waals surface area contributed by atoms with E-state index in [0.717, 1.165) is 39.2 Å². The quantitative estimate of drug-likeness (QED) is 0.0417. The van der Waals surface area contributed by atoms with Crippen LogP contribution in [0.2, 0.25) is 10.0 Å². The molecule has 0 spiro atoms. The molecule has 12 rings (SSSR count). The summed E-state index contributed by atoms with van der Waals surface area (Å²) in [6, 6.07) is 49.0. The van der Waals surface area contributed by atoms with Gasteiger partial charge in [0.1, 0.15) is 34.5 Å². The van der Waals surface area contributed by atoms with Gasteiger partial charge < -0.3 is 36.5 Å². The van der Waals surface area contributed by atoms with Crippen molar-refractivity contribution < 1.29 is 37.4 Å². The molecule has 0 aliphatic rings. The van der Waals surface area contributed by atoms with Crippen LogP contribution in [-0.4, -0.2) is 77.0 Å². The van der Waals surface area contributed by atoms with Crippen molar-refractivity contribution in [2.75, 3.05) is 41.2 Å². The molecule has 8 aromatic carbocycles. The molecule has 4 amide bonds. The summed E-state index contributed by atoms with van der Waals surface area (Å²) < 4.78 is 44.4. The lowest BCUT2D eigenvalue weighted by atomic mass is 10.1. The average Bonchev–Trinajstić information content (AvgIpc) is 1.89. The van der Waals surface area contributed by atoms with Crippen LogP contribution in [0.15, 0.2) is 213 Å². The number of halogens is 4. The largest absolute Gasteiger partial charge is 0.496 e. The number of hydrogen-bond acceptors (Lipinski definition) is 12. The van der Waals surface area contributed by atoms with Crippen LogP contribution in [0, 0.1) is 46.3 Å². The highest BCUT2D eigenvalue weighted by atomic mass is 35.5. The van der Waals surface area contributed by atoms with Crippen molar-refractivity contribution in [1.82, 2.24) is 39.1 Å². The Morgan fingerprint density at radius 3 is 1.46 bits per heavy atom. The predicted molar refractivity (Wildman–Crippen MR) is 376 cm³/mol. The highest BCUT2D eigenvalue weighted by Crippen LogP contribution is 2.33. The van der Waals surface area contributed by atoms with Gasteiger partial charge in [0.05, 0.1) is 119 Å². The summed E-state index contributed by atoms with van der Waals surface area (Å²) in [5, 5.41) is 29.1. The molecule has 6 N–H and O–H groups in total. The summed E-state index contributed by atoms with van der Waals surface area (Å²) in [5.41, 5.74) is 17.8. The molecule has 0 bridgehead atoms. The molecule has 0 saturated heterocycles. The minimum Gasteiger partial charge on any atom is -0.496 e. The minimum absolute atomic E-state index is 0.171. The number of nitrogen functional groups attached to an aromatic ring is 1. The Labute approximate surface area is 567 Å². The van der Waals surface area contributed by atoms with E-state index in [9.17, 15) is 28.0 Å². The number of aryl methyl sites for hydroxylation is 3. The fraction of sp³-hybridized carbons (Fsp3) is 0.111. The van der Waals surface area contributed by atoms with Crippen molar-refractivity contribution >= 4 is 87.9 Å². The van der Waals surface area contributed by atoms with Crippen LogP contribution in [-0.2, 0) is 5.75 Å². The van der Waals surface area contributed by atoms with Gasteiger partial charge in [-0.2, -0.15) is 33.0 Å². The number of hydrogen-bond donors (Lipinski definition) is 6. The van der Waals surface area contributed by atoms with Gasteiger partial charge in [0.15, 0.2) is 0 Å². The molecule has 0 aliphatic carbocycles. The number of aromatic nitrogens is 8. The summed E-state index contributed by atoms with van der Waals surface area (Å²) in [7, 11) is 3.10. The van der Waals surface area contributed by atoms with Gasteiger partial charge in [-0.25, -0.2) is 27.5 Å². The van der Waals surface area contributed by atoms with E-state index in [1.807, 2.05) is 100 Å². The van der Waals surface area contributed by atoms with E-state index < -0.39 is 0 Å². The molecule has 0 radical (unpaired) electrons. The number of thiol groups is 1. The maximum absolute atomic E-state index is 13.9. The third-order valence-corrected chi connectivity index (χ3v) is 15.8. The molecule has 24 heteroatoms. The second kappa shape index (κ2) is 32.0. The van der Waals surface area contributed by atoms with E-state index in [0.29, 0.717) is 95.1 Å². The van der Waals surface area contributed by atoms with Crippen LogP contribution in [0.1, 0.15) is 74.9 Å². The number of nitrogens with two attached hydrogens (primary N) is 1. The molecule has 488 valence electrons. The van der Waals surface area contributed by atoms with E-state index in [1.54, 1.807) is 139 Å². The number of methoxy groups -OCH3 is 2. The Morgan fingerprint density at radius 1 is 0.490 bits per heavy atom. The van der Waals surface area contributed by atoms with Crippen LogP contribution >= 0.6 is 35.8 Å². The van der Waals surface area contributed by atoms with Crippen LogP contribution in [0.5, 0.6) is 11.5 Å². The van der Waals surface area contributed by atoms with Crippen LogP contribution in [0.25, 0.3) is 22.7 Å². The molecular formula is C72H65Cl2F2N13O6S. The Balaban J connectivity index is 0.000000150. The molecule has 4 heterocycles. The number of para-hydroxylation sites is 5. The Morgan fingerprint density at radius 2 is 0.948 bits per heavy atom. The van der Waals surface area contributed by atoms with Crippen LogP contribution in [0.4, 0.5) is 37.2 Å². The second-order valence-electron chi connectivity index (χ2n) is 21.4. The summed E-state index contributed by atoms with van der Waals surface area (Å²) in [6.45, 7) is 9.32. The smallest absolute Gasteiger partial charge is 0.259 e. The molecule has 0 saturated carbocycles. The van der Waals surface area contributed by atoms with E-state index in [1.165, 1.54) is 41.0 Å². The van der Waals surface area contributed by atoms with Gasteiger partial charge in [0, 0.05) is 28.1 Å². The van der Waals surface area contributed by atoms with Crippen molar-refractivity contribution in [2.45, 2.75) is 40.4 Å². The summed E-state index contributed by atoms with van der Waals surface area (Å²) in [6.07, 6.45) is 11.2. The normalized spacial score (nSPS) is 10.5. The number of amides is 4.